The van der Waals surface area contributed by atoms with Gasteiger partial charge in [-0.15, -0.1) is 0 Å². The van der Waals surface area contributed by atoms with Crippen molar-refractivity contribution >= 4 is 38.6 Å². The van der Waals surface area contributed by atoms with Crippen LogP contribution >= 0.6 is 11.3 Å². The molecule has 2 aliphatic rings. The van der Waals surface area contributed by atoms with Crippen molar-refractivity contribution in [2.24, 2.45) is 11.8 Å². The van der Waals surface area contributed by atoms with Gasteiger partial charge in [0.25, 0.3) is 0 Å². The molecule has 29 heavy (non-hydrogen) atoms. The van der Waals surface area contributed by atoms with E-state index in [1.54, 1.807) is 13.0 Å². The van der Waals surface area contributed by atoms with Gasteiger partial charge in [-0.1, -0.05) is 11.3 Å². The van der Waals surface area contributed by atoms with Gasteiger partial charge >= 0.3 is 5.97 Å². The Labute approximate surface area is 173 Å². The number of nitrogens with zero attached hydrogens (tertiary/aromatic N) is 3. The lowest BCUT2D eigenvalue weighted by Gasteiger charge is -2.37. The van der Waals surface area contributed by atoms with E-state index in [4.69, 9.17) is 4.74 Å². The summed E-state index contributed by atoms with van der Waals surface area (Å²) in [6.45, 7) is 4.78. The Balaban J connectivity index is 1.43. The van der Waals surface area contributed by atoms with Gasteiger partial charge in [0.2, 0.25) is 5.91 Å². The van der Waals surface area contributed by atoms with Crippen LogP contribution in [0.5, 0.6) is 0 Å². The molecule has 6 nitrogen and oxygen atoms in total. The molecule has 1 aromatic heterocycles. The molecule has 2 unspecified atom stereocenters. The molecular formula is C21H26FN3O3S. The average molecular weight is 420 g/mol. The third kappa shape index (κ3) is 4.37. The number of amides is 1. The number of piperidine rings is 2. The molecule has 3 heterocycles. The predicted molar refractivity (Wildman–Crippen MR) is 110 cm³/mol. The first-order valence-corrected chi connectivity index (χ1v) is 11.1. The van der Waals surface area contributed by atoms with Crippen LogP contribution in [0.15, 0.2) is 18.2 Å². The molecule has 0 bridgehead atoms. The second-order valence-corrected chi connectivity index (χ2v) is 8.78. The second kappa shape index (κ2) is 8.65. The highest BCUT2D eigenvalue weighted by molar-refractivity contribution is 7.22. The molecule has 4 rings (SSSR count). The quantitative estimate of drug-likeness (QED) is 0.711. The molecule has 2 aromatic rings. The van der Waals surface area contributed by atoms with Gasteiger partial charge in [-0.2, -0.15) is 0 Å². The third-order valence-electron chi connectivity index (χ3n) is 5.73. The summed E-state index contributed by atoms with van der Waals surface area (Å²) in [5.41, 5.74) is 0.785. The standard InChI is InChI=1S/C21H26FN3O3S/c1-2-28-20(27)15-6-4-9-24(13-15)19(26)14-5-3-10-25(12-14)21-23-17-8-7-16(22)11-18(17)29-21/h7-8,11,14-15H,2-6,9-10,12-13H2,1H3. The van der Waals surface area contributed by atoms with Crippen molar-refractivity contribution in [2.45, 2.75) is 32.6 Å². The molecule has 8 heteroatoms. The molecule has 1 amide bonds. The first kappa shape index (κ1) is 20.1. The summed E-state index contributed by atoms with van der Waals surface area (Å²) in [6, 6.07) is 4.62. The van der Waals surface area contributed by atoms with Crippen LogP contribution in [0.2, 0.25) is 0 Å². The van der Waals surface area contributed by atoms with Crippen LogP contribution in [0.1, 0.15) is 32.6 Å². The maximum atomic E-state index is 13.5. The van der Waals surface area contributed by atoms with E-state index in [0.29, 0.717) is 26.2 Å². The van der Waals surface area contributed by atoms with Crippen molar-refractivity contribution < 1.29 is 18.7 Å². The summed E-state index contributed by atoms with van der Waals surface area (Å²) in [5.74, 6) is -0.659. The van der Waals surface area contributed by atoms with Gasteiger partial charge in [0.05, 0.1) is 28.7 Å². The maximum absolute atomic E-state index is 13.5. The molecule has 0 N–H and O–H groups in total. The largest absolute Gasteiger partial charge is 0.466 e. The van der Waals surface area contributed by atoms with Crippen LogP contribution in [0.4, 0.5) is 9.52 Å². The number of aromatic nitrogens is 1. The minimum absolute atomic E-state index is 0.103. The van der Waals surface area contributed by atoms with Crippen LogP contribution in [-0.2, 0) is 14.3 Å². The zero-order valence-electron chi connectivity index (χ0n) is 16.6. The van der Waals surface area contributed by atoms with Crippen molar-refractivity contribution in [3.8, 4) is 0 Å². The van der Waals surface area contributed by atoms with Crippen molar-refractivity contribution in [2.75, 3.05) is 37.7 Å². The van der Waals surface area contributed by atoms with Crippen LogP contribution < -0.4 is 4.90 Å². The monoisotopic (exact) mass is 419 g/mol. The molecule has 2 aliphatic heterocycles. The third-order valence-corrected chi connectivity index (χ3v) is 6.81. The SMILES string of the molecule is CCOC(=O)C1CCCN(C(=O)C2CCCN(c3nc4ccc(F)cc4s3)C2)C1. The van der Waals surface area contributed by atoms with E-state index in [9.17, 15) is 14.0 Å². The average Bonchev–Trinajstić information content (AvgIpc) is 3.17. The molecular weight excluding hydrogens is 393 g/mol. The first-order chi connectivity index (χ1) is 14.0. The fraction of sp³-hybridized carbons (Fsp3) is 0.571. The lowest BCUT2D eigenvalue weighted by Crippen LogP contribution is -2.49. The molecule has 0 aliphatic carbocycles. The van der Waals surface area contributed by atoms with Crippen molar-refractivity contribution in [1.82, 2.24) is 9.88 Å². The number of halogens is 1. The minimum Gasteiger partial charge on any atom is -0.466 e. The van der Waals surface area contributed by atoms with E-state index in [-0.39, 0.29) is 29.5 Å². The molecule has 0 radical (unpaired) electrons. The van der Waals surface area contributed by atoms with Crippen molar-refractivity contribution in [3.05, 3.63) is 24.0 Å². The lowest BCUT2D eigenvalue weighted by molar-refractivity contribution is -0.152. The van der Waals surface area contributed by atoms with E-state index in [2.05, 4.69) is 9.88 Å². The van der Waals surface area contributed by atoms with Crippen LogP contribution in [0.3, 0.4) is 0 Å². The van der Waals surface area contributed by atoms with Crippen LogP contribution in [-0.4, -0.2) is 54.5 Å². The molecule has 156 valence electrons. The number of ether oxygens (including phenoxy) is 1. The number of thiazole rings is 1. The fourth-order valence-electron chi connectivity index (χ4n) is 4.26. The summed E-state index contributed by atoms with van der Waals surface area (Å²) in [7, 11) is 0. The van der Waals surface area contributed by atoms with E-state index >= 15 is 0 Å². The van der Waals surface area contributed by atoms with E-state index in [1.165, 1.54) is 23.5 Å². The Kier molecular flexibility index (Phi) is 5.99. The van der Waals surface area contributed by atoms with Crippen molar-refractivity contribution in [1.29, 1.82) is 0 Å². The van der Waals surface area contributed by atoms with Gasteiger partial charge in [-0.25, -0.2) is 9.37 Å². The highest BCUT2D eigenvalue weighted by Crippen LogP contribution is 2.33. The van der Waals surface area contributed by atoms with Crippen LogP contribution in [0, 0.1) is 17.7 Å². The molecule has 2 saturated heterocycles. The molecule has 2 fully saturated rings. The van der Waals surface area contributed by atoms with E-state index in [1.807, 2.05) is 4.90 Å². The summed E-state index contributed by atoms with van der Waals surface area (Å²) >= 11 is 1.47. The molecule has 0 saturated carbocycles. The number of carbonyl (C=O) groups is 2. The number of likely N-dealkylation sites (tertiary alicyclic amines) is 1. The zero-order chi connectivity index (χ0) is 20.4. The number of hydrogen-bond donors (Lipinski definition) is 0. The van der Waals surface area contributed by atoms with Gasteiger partial charge in [0, 0.05) is 26.2 Å². The predicted octanol–water partition coefficient (Wildman–Crippen LogP) is 3.45. The van der Waals surface area contributed by atoms with E-state index < -0.39 is 0 Å². The Morgan fingerprint density at radius 3 is 2.83 bits per heavy atom. The zero-order valence-corrected chi connectivity index (χ0v) is 17.4. The maximum Gasteiger partial charge on any atom is 0.310 e. The number of esters is 1. The Hall–Kier alpha value is -2.22. The van der Waals surface area contributed by atoms with Gasteiger partial charge in [0.1, 0.15) is 5.82 Å². The fourth-order valence-corrected chi connectivity index (χ4v) is 5.29. The summed E-state index contributed by atoms with van der Waals surface area (Å²) in [4.78, 5) is 33.9. The highest BCUT2D eigenvalue weighted by atomic mass is 32.1. The first-order valence-electron chi connectivity index (χ1n) is 10.3. The smallest absolute Gasteiger partial charge is 0.310 e. The normalized spacial score (nSPS) is 22.7. The topological polar surface area (TPSA) is 62.7 Å². The summed E-state index contributed by atoms with van der Waals surface area (Å²) in [5, 5.41) is 0.839. The Morgan fingerprint density at radius 1 is 1.21 bits per heavy atom. The number of fused-ring (bicyclic) bond motifs is 1. The van der Waals surface area contributed by atoms with Gasteiger partial charge < -0.3 is 14.5 Å². The van der Waals surface area contributed by atoms with Crippen LogP contribution in [0.25, 0.3) is 10.2 Å². The Morgan fingerprint density at radius 2 is 2.00 bits per heavy atom. The summed E-state index contributed by atoms with van der Waals surface area (Å²) < 4.78 is 19.5. The number of benzene rings is 1. The number of anilines is 1. The lowest BCUT2D eigenvalue weighted by atomic mass is 9.93. The number of hydrogen-bond acceptors (Lipinski definition) is 6. The van der Waals surface area contributed by atoms with E-state index in [0.717, 1.165) is 47.6 Å². The van der Waals surface area contributed by atoms with Gasteiger partial charge in [-0.05, 0) is 50.8 Å². The van der Waals surface area contributed by atoms with Gasteiger partial charge in [-0.3, -0.25) is 9.59 Å². The van der Waals surface area contributed by atoms with Gasteiger partial charge in [0.15, 0.2) is 5.13 Å². The Bertz CT molecular complexity index is 902. The second-order valence-electron chi connectivity index (χ2n) is 7.77. The molecule has 1 aromatic carbocycles. The molecule has 0 spiro atoms. The summed E-state index contributed by atoms with van der Waals surface area (Å²) in [6.07, 6.45) is 3.36. The number of rotatable bonds is 4. The number of carbonyl (C=O) groups excluding carboxylic acids is 2. The van der Waals surface area contributed by atoms with Crippen molar-refractivity contribution in [3.63, 3.8) is 0 Å². The molecule has 2 atom stereocenters. The minimum atomic E-state index is -0.263. The highest BCUT2D eigenvalue weighted by Gasteiger charge is 2.35.